The summed E-state index contributed by atoms with van der Waals surface area (Å²) in [5.74, 6) is 0.910. The van der Waals surface area contributed by atoms with Crippen molar-refractivity contribution < 1.29 is 0 Å². The van der Waals surface area contributed by atoms with Crippen molar-refractivity contribution in [1.82, 2.24) is 0 Å². The standard InChI is InChI=1S/C19H28/c1-18(2,3)17-15-8-6-7-13(15)9-12-16(17)19(4,5)14-10-11-14/h9,12,14H,6-8,10-11H2,1-5H3. The Labute approximate surface area is 118 Å². The molecule has 2 aliphatic carbocycles. The molecule has 0 unspecified atom stereocenters. The molecule has 0 atom stereocenters. The van der Waals surface area contributed by atoms with Crippen LogP contribution in [0.1, 0.15) is 76.1 Å². The molecule has 1 aromatic carbocycles. The average Bonchev–Trinajstić information content (AvgIpc) is 3.05. The Morgan fingerprint density at radius 2 is 1.63 bits per heavy atom. The largest absolute Gasteiger partial charge is 0.0585 e. The molecule has 0 bridgehead atoms. The van der Waals surface area contributed by atoms with Gasteiger partial charge in [0.1, 0.15) is 0 Å². The first kappa shape index (κ1) is 13.2. The summed E-state index contributed by atoms with van der Waals surface area (Å²) in [6, 6.07) is 4.89. The van der Waals surface area contributed by atoms with Gasteiger partial charge in [0.05, 0.1) is 0 Å². The Morgan fingerprint density at radius 1 is 0.947 bits per heavy atom. The van der Waals surface area contributed by atoms with Crippen molar-refractivity contribution >= 4 is 0 Å². The molecule has 104 valence electrons. The second-order valence-electron chi connectivity index (χ2n) is 8.23. The smallest absolute Gasteiger partial charge is 0.00723 e. The fourth-order valence-electron chi connectivity index (χ4n) is 4.08. The second kappa shape index (κ2) is 4.11. The highest BCUT2D eigenvalue weighted by molar-refractivity contribution is 5.50. The van der Waals surface area contributed by atoms with Crippen LogP contribution in [0.2, 0.25) is 0 Å². The first-order valence-corrected chi connectivity index (χ1v) is 7.97. The summed E-state index contributed by atoms with van der Waals surface area (Å²) in [4.78, 5) is 0. The summed E-state index contributed by atoms with van der Waals surface area (Å²) in [6.45, 7) is 12.1. The maximum atomic E-state index is 2.47. The minimum absolute atomic E-state index is 0.275. The Balaban J connectivity index is 2.19. The summed E-state index contributed by atoms with van der Waals surface area (Å²) in [7, 11) is 0. The SMILES string of the molecule is CC(C)(C)c1c(C(C)(C)C2CC2)ccc2c1CCC2. The monoisotopic (exact) mass is 256 g/mol. The van der Waals surface area contributed by atoms with E-state index in [1.807, 2.05) is 0 Å². The third kappa shape index (κ3) is 2.14. The van der Waals surface area contributed by atoms with E-state index >= 15 is 0 Å². The number of rotatable bonds is 2. The summed E-state index contributed by atoms with van der Waals surface area (Å²) in [5.41, 5.74) is 7.28. The van der Waals surface area contributed by atoms with E-state index in [0.29, 0.717) is 5.41 Å². The van der Waals surface area contributed by atoms with Crippen molar-refractivity contribution in [2.45, 2.75) is 77.6 Å². The number of benzene rings is 1. The summed E-state index contributed by atoms with van der Waals surface area (Å²) in [5, 5.41) is 0. The molecule has 0 amide bonds. The molecule has 0 aromatic heterocycles. The second-order valence-corrected chi connectivity index (χ2v) is 8.23. The van der Waals surface area contributed by atoms with Gasteiger partial charge in [0.2, 0.25) is 0 Å². The lowest BCUT2D eigenvalue weighted by Gasteiger charge is -2.35. The number of fused-ring (bicyclic) bond motifs is 1. The number of hydrogen-bond donors (Lipinski definition) is 0. The molecule has 0 heterocycles. The molecular weight excluding hydrogens is 228 g/mol. The van der Waals surface area contributed by atoms with Gasteiger partial charge in [-0.1, -0.05) is 46.8 Å². The van der Waals surface area contributed by atoms with Gasteiger partial charge in [-0.25, -0.2) is 0 Å². The third-order valence-corrected chi connectivity index (χ3v) is 5.32. The van der Waals surface area contributed by atoms with Crippen LogP contribution in [0.4, 0.5) is 0 Å². The van der Waals surface area contributed by atoms with Crippen LogP contribution < -0.4 is 0 Å². The minimum Gasteiger partial charge on any atom is -0.0585 e. The highest BCUT2D eigenvalue weighted by atomic mass is 14.5. The van der Waals surface area contributed by atoms with Gasteiger partial charge in [0.25, 0.3) is 0 Å². The minimum atomic E-state index is 0.275. The van der Waals surface area contributed by atoms with Gasteiger partial charge in [0, 0.05) is 0 Å². The molecule has 1 saturated carbocycles. The molecule has 1 aromatic rings. The van der Waals surface area contributed by atoms with Crippen LogP contribution in [-0.4, -0.2) is 0 Å². The molecular formula is C19H28. The molecule has 0 N–H and O–H groups in total. The van der Waals surface area contributed by atoms with Gasteiger partial charge in [-0.15, -0.1) is 0 Å². The quantitative estimate of drug-likeness (QED) is 0.685. The molecule has 0 heteroatoms. The lowest BCUT2D eigenvalue weighted by atomic mass is 9.70. The fraction of sp³-hybridized carbons (Fsp3) is 0.684. The maximum absolute atomic E-state index is 2.47. The number of aryl methyl sites for hydroxylation is 1. The Hall–Kier alpha value is -0.780. The van der Waals surface area contributed by atoms with Crippen molar-refractivity contribution in [1.29, 1.82) is 0 Å². The van der Waals surface area contributed by atoms with Crippen LogP contribution in [0.5, 0.6) is 0 Å². The van der Waals surface area contributed by atoms with Crippen LogP contribution >= 0.6 is 0 Å². The van der Waals surface area contributed by atoms with Gasteiger partial charge in [-0.2, -0.15) is 0 Å². The first-order valence-electron chi connectivity index (χ1n) is 7.97. The Kier molecular flexibility index (Phi) is 2.86. The van der Waals surface area contributed by atoms with Crippen molar-refractivity contribution in [3.05, 3.63) is 34.4 Å². The molecule has 3 rings (SSSR count). The molecule has 0 nitrogen and oxygen atoms in total. The third-order valence-electron chi connectivity index (χ3n) is 5.32. The van der Waals surface area contributed by atoms with Gasteiger partial charge < -0.3 is 0 Å². The summed E-state index contributed by atoms with van der Waals surface area (Å²) in [6.07, 6.45) is 6.80. The fourth-order valence-corrected chi connectivity index (χ4v) is 4.08. The van der Waals surface area contributed by atoms with E-state index in [1.165, 1.54) is 32.1 Å². The van der Waals surface area contributed by atoms with Gasteiger partial charge in [0.15, 0.2) is 0 Å². The van der Waals surface area contributed by atoms with Crippen LogP contribution in [0.25, 0.3) is 0 Å². The van der Waals surface area contributed by atoms with E-state index in [0.717, 1.165) is 5.92 Å². The molecule has 2 aliphatic rings. The van der Waals surface area contributed by atoms with Crippen LogP contribution in [0.3, 0.4) is 0 Å². The van der Waals surface area contributed by atoms with E-state index < -0.39 is 0 Å². The summed E-state index contributed by atoms with van der Waals surface area (Å²) >= 11 is 0. The van der Waals surface area contributed by atoms with E-state index in [4.69, 9.17) is 0 Å². The van der Waals surface area contributed by atoms with E-state index in [1.54, 1.807) is 22.3 Å². The molecule has 19 heavy (non-hydrogen) atoms. The van der Waals surface area contributed by atoms with Gasteiger partial charge in [-0.05, 0) is 71.1 Å². The van der Waals surface area contributed by atoms with E-state index in [2.05, 4.69) is 46.8 Å². The highest BCUT2D eigenvalue weighted by Crippen LogP contribution is 2.50. The molecule has 0 radical (unpaired) electrons. The van der Waals surface area contributed by atoms with Crippen LogP contribution in [-0.2, 0) is 23.7 Å². The van der Waals surface area contributed by atoms with Crippen molar-refractivity contribution in [3.8, 4) is 0 Å². The van der Waals surface area contributed by atoms with Crippen LogP contribution in [0, 0.1) is 5.92 Å². The lowest BCUT2D eigenvalue weighted by Crippen LogP contribution is -2.27. The van der Waals surface area contributed by atoms with E-state index in [9.17, 15) is 0 Å². The predicted octanol–water partition coefficient (Wildman–Crippen LogP) is 5.16. The predicted molar refractivity (Wildman–Crippen MR) is 82.9 cm³/mol. The Morgan fingerprint density at radius 3 is 2.21 bits per heavy atom. The molecule has 0 aliphatic heterocycles. The highest BCUT2D eigenvalue weighted by Gasteiger charge is 2.42. The van der Waals surface area contributed by atoms with Gasteiger partial charge >= 0.3 is 0 Å². The molecule has 0 spiro atoms. The normalized spacial score (nSPS) is 19.6. The lowest BCUT2D eigenvalue weighted by molar-refractivity contribution is 0.436. The van der Waals surface area contributed by atoms with Crippen molar-refractivity contribution in [2.75, 3.05) is 0 Å². The maximum Gasteiger partial charge on any atom is -0.00723 e. The Bertz CT molecular complexity index is 496. The van der Waals surface area contributed by atoms with Crippen LogP contribution in [0.15, 0.2) is 12.1 Å². The zero-order chi connectivity index (χ0) is 13.8. The number of hydrogen-bond acceptors (Lipinski definition) is 0. The zero-order valence-electron chi connectivity index (χ0n) is 13.3. The van der Waals surface area contributed by atoms with Crippen molar-refractivity contribution in [3.63, 3.8) is 0 Å². The topological polar surface area (TPSA) is 0 Å². The van der Waals surface area contributed by atoms with E-state index in [-0.39, 0.29) is 5.41 Å². The zero-order valence-corrected chi connectivity index (χ0v) is 13.3. The van der Waals surface area contributed by atoms with Crippen molar-refractivity contribution in [2.24, 2.45) is 5.92 Å². The molecule has 1 fully saturated rings. The van der Waals surface area contributed by atoms with Gasteiger partial charge in [-0.3, -0.25) is 0 Å². The average molecular weight is 256 g/mol. The molecule has 0 saturated heterocycles. The first-order chi connectivity index (χ1) is 8.82. The summed E-state index contributed by atoms with van der Waals surface area (Å²) < 4.78 is 0.